The monoisotopic (exact) mass is 282 g/mol. The fraction of sp³-hybridized carbons (Fsp3) is 0.400. The molecule has 19 heavy (non-hydrogen) atoms. The number of fused-ring (bicyclic) bond motifs is 1. The summed E-state index contributed by atoms with van der Waals surface area (Å²) in [5.41, 5.74) is 0.923. The topological polar surface area (TPSA) is 113 Å². The van der Waals surface area contributed by atoms with Gasteiger partial charge in [-0.15, -0.1) is 0 Å². The van der Waals surface area contributed by atoms with Gasteiger partial charge in [-0.3, -0.25) is 13.8 Å². The number of carbonyl (C=O) groups is 1. The van der Waals surface area contributed by atoms with E-state index in [2.05, 4.69) is 20.4 Å². The third-order valence-electron chi connectivity index (χ3n) is 2.48. The number of aromatic nitrogens is 4. The van der Waals surface area contributed by atoms with Crippen molar-refractivity contribution in [2.24, 2.45) is 0 Å². The van der Waals surface area contributed by atoms with Crippen molar-refractivity contribution in [1.82, 2.24) is 24.9 Å². The third kappa shape index (κ3) is 3.25. The van der Waals surface area contributed by atoms with Gasteiger partial charge in [0.25, 0.3) is 11.7 Å². The number of carbonyl (C=O) groups excluding carboxylic acids is 1. The van der Waals surface area contributed by atoms with Gasteiger partial charge in [-0.2, -0.15) is 10.1 Å². The molecule has 8 nitrogen and oxygen atoms in total. The maximum atomic E-state index is 12.0. The Hall–Kier alpha value is -2.03. The van der Waals surface area contributed by atoms with E-state index in [1.165, 1.54) is 17.1 Å². The molecule has 2 rings (SSSR count). The second kappa shape index (κ2) is 4.92. The molecule has 1 atom stereocenters. The van der Waals surface area contributed by atoms with Gasteiger partial charge in [-0.25, -0.2) is 9.50 Å². The standard InChI is InChI=1S/C10H14N6O2S/c1-7-8(5-16-10(15-7)13-6-14-16)9(17)12-3-4-19(2,11)18/h5-6,11H,3-4H2,1-2H3,(H,12,17). The molecule has 102 valence electrons. The van der Waals surface area contributed by atoms with Crippen molar-refractivity contribution in [3.63, 3.8) is 0 Å². The fourth-order valence-electron chi connectivity index (χ4n) is 1.52. The Kier molecular flexibility index (Phi) is 3.47. The van der Waals surface area contributed by atoms with Crippen molar-refractivity contribution in [2.45, 2.75) is 6.92 Å². The first kappa shape index (κ1) is 13.4. The Labute approximate surface area is 110 Å². The van der Waals surface area contributed by atoms with Crippen LogP contribution in [-0.2, 0) is 9.73 Å². The number of nitrogens with one attached hydrogen (secondary N) is 2. The van der Waals surface area contributed by atoms with E-state index in [4.69, 9.17) is 4.78 Å². The van der Waals surface area contributed by atoms with Gasteiger partial charge < -0.3 is 5.32 Å². The zero-order valence-corrected chi connectivity index (χ0v) is 11.4. The molecule has 0 aromatic carbocycles. The van der Waals surface area contributed by atoms with Crippen LogP contribution in [0.2, 0.25) is 0 Å². The summed E-state index contributed by atoms with van der Waals surface area (Å²) < 4.78 is 19.9. The van der Waals surface area contributed by atoms with Crippen LogP contribution < -0.4 is 5.32 Å². The van der Waals surface area contributed by atoms with Gasteiger partial charge in [-0.1, -0.05) is 0 Å². The Bertz CT molecular complexity index is 721. The Balaban J connectivity index is 2.14. The van der Waals surface area contributed by atoms with Crippen LogP contribution in [0, 0.1) is 11.7 Å². The molecule has 2 aromatic heterocycles. The van der Waals surface area contributed by atoms with Gasteiger partial charge in [-0.05, 0) is 6.92 Å². The average Bonchev–Trinajstić information content (AvgIpc) is 2.72. The molecule has 0 aliphatic rings. The minimum atomic E-state index is -2.60. The van der Waals surface area contributed by atoms with E-state index in [0.717, 1.165) is 0 Å². The van der Waals surface area contributed by atoms with Gasteiger partial charge in [0, 0.05) is 34.5 Å². The molecule has 0 spiro atoms. The summed E-state index contributed by atoms with van der Waals surface area (Å²) in [6, 6.07) is 0. The summed E-state index contributed by atoms with van der Waals surface area (Å²) in [5.74, 6) is 0.222. The van der Waals surface area contributed by atoms with Crippen LogP contribution in [0.1, 0.15) is 16.1 Å². The third-order valence-corrected chi connectivity index (χ3v) is 3.47. The highest BCUT2D eigenvalue weighted by Gasteiger charge is 2.12. The molecule has 0 fully saturated rings. The minimum Gasteiger partial charge on any atom is -0.351 e. The van der Waals surface area contributed by atoms with E-state index in [9.17, 15) is 9.00 Å². The van der Waals surface area contributed by atoms with Crippen molar-refractivity contribution in [1.29, 1.82) is 4.78 Å². The highest BCUT2D eigenvalue weighted by molar-refractivity contribution is 7.91. The van der Waals surface area contributed by atoms with Crippen molar-refractivity contribution < 1.29 is 9.00 Å². The first-order chi connectivity index (χ1) is 8.87. The van der Waals surface area contributed by atoms with Crippen molar-refractivity contribution in [3.05, 3.63) is 23.8 Å². The molecule has 2 N–H and O–H groups in total. The molecule has 9 heteroatoms. The fourth-order valence-corrected chi connectivity index (χ4v) is 2.01. The normalized spacial score (nSPS) is 14.2. The quantitative estimate of drug-likeness (QED) is 0.809. The van der Waals surface area contributed by atoms with Crippen LogP contribution in [0.4, 0.5) is 0 Å². The lowest BCUT2D eigenvalue weighted by molar-refractivity contribution is 0.0954. The smallest absolute Gasteiger partial charge is 0.254 e. The second-order valence-corrected chi connectivity index (χ2v) is 6.63. The Morgan fingerprint density at radius 1 is 1.58 bits per heavy atom. The van der Waals surface area contributed by atoms with Gasteiger partial charge in [0.2, 0.25) is 0 Å². The number of hydrogen-bond acceptors (Lipinski definition) is 6. The maximum Gasteiger partial charge on any atom is 0.254 e. The van der Waals surface area contributed by atoms with Crippen LogP contribution in [0.3, 0.4) is 0 Å². The van der Waals surface area contributed by atoms with Gasteiger partial charge >= 0.3 is 0 Å². The maximum absolute atomic E-state index is 12.0. The Morgan fingerprint density at radius 2 is 2.32 bits per heavy atom. The molecule has 2 heterocycles. The van der Waals surface area contributed by atoms with Gasteiger partial charge in [0.05, 0.1) is 11.3 Å². The first-order valence-electron chi connectivity index (χ1n) is 5.53. The van der Waals surface area contributed by atoms with E-state index in [1.54, 1.807) is 13.1 Å². The lowest BCUT2D eigenvalue weighted by Crippen LogP contribution is -2.29. The van der Waals surface area contributed by atoms with Gasteiger partial charge in [0.15, 0.2) is 0 Å². The lowest BCUT2D eigenvalue weighted by atomic mass is 10.2. The molecule has 0 saturated carbocycles. The predicted molar refractivity (Wildman–Crippen MR) is 69.5 cm³/mol. The summed E-state index contributed by atoms with van der Waals surface area (Å²) >= 11 is 0. The number of nitrogens with zero attached hydrogens (tertiary/aromatic N) is 4. The van der Waals surface area contributed by atoms with E-state index in [-0.39, 0.29) is 18.2 Å². The predicted octanol–water partition coefficient (Wildman–Crippen LogP) is -0.161. The zero-order chi connectivity index (χ0) is 14.0. The van der Waals surface area contributed by atoms with E-state index in [1.807, 2.05) is 0 Å². The van der Waals surface area contributed by atoms with E-state index >= 15 is 0 Å². The number of aryl methyl sites for hydroxylation is 1. The molecule has 0 saturated heterocycles. The SMILES string of the molecule is Cc1nc2ncnn2cc1C(=O)NCCS(C)(=N)=O. The lowest BCUT2D eigenvalue weighted by Gasteiger charge is -2.07. The highest BCUT2D eigenvalue weighted by atomic mass is 32.2. The summed E-state index contributed by atoms with van der Waals surface area (Å²) in [4.78, 5) is 20.0. The van der Waals surface area contributed by atoms with Crippen LogP contribution in [-0.4, -0.2) is 48.3 Å². The van der Waals surface area contributed by atoms with Gasteiger partial charge in [0.1, 0.15) is 6.33 Å². The average molecular weight is 282 g/mol. The largest absolute Gasteiger partial charge is 0.351 e. The summed E-state index contributed by atoms with van der Waals surface area (Å²) in [5, 5.41) is 6.52. The molecule has 0 radical (unpaired) electrons. The molecule has 1 unspecified atom stereocenters. The molecular formula is C10H14N6O2S. The van der Waals surface area contributed by atoms with Crippen LogP contribution in [0.5, 0.6) is 0 Å². The molecule has 0 aliphatic carbocycles. The molecular weight excluding hydrogens is 268 g/mol. The van der Waals surface area contributed by atoms with Crippen molar-refractivity contribution in [2.75, 3.05) is 18.6 Å². The van der Waals surface area contributed by atoms with Crippen LogP contribution in [0.25, 0.3) is 5.78 Å². The zero-order valence-electron chi connectivity index (χ0n) is 10.6. The summed E-state index contributed by atoms with van der Waals surface area (Å²) in [6.07, 6.45) is 4.24. The van der Waals surface area contributed by atoms with Crippen molar-refractivity contribution >= 4 is 21.4 Å². The second-order valence-electron chi connectivity index (χ2n) is 4.21. The van der Waals surface area contributed by atoms with Crippen LogP contribution in [0.15, 0.2) is 12.5 Å². The molecule has 2 aromatic rings. The minimum absolute atomic E-state index is 0.122. The number of hydrogen-bond donors (Lipinski definition) is 2. The van der Waals surface area contributed by atoms with Crippen molar-refractivity contribution in [3.8, 4) is 0 Å². The Morgan fingerprint density at radius 3 is 3.00 bits per heavy atom. The number of rotatable bonds is 4. The first-order valence-corrected chi connectivity index (χ1v) is 7.67. The highest BCUT2D eigenvalue weighted by Crippen LogP contribution is 2.05. The van der Waals surface area contributed by atoms with E-state index in [0.29, 0.717) is 17.0 Å². The molecule has 0 aliphatic heterocycles. The number of amides is 1. The summed E-state index contributed by atoms with van der Waals surface area (Å²) in [6.45, 7) is 1.89. The molecule has 1 amide bonds. The van der Waals surface area contributed by atoms with Crippen LogP contribution >= 0.6 is 0 Å². The summed E-state index contributed by atoms with van der Waals surface area (Å²) in [7, 11) is -2.60. The molecule has 0 bridgehead atoms. The van der Waals surface area contributed by atoms with E-state index < -0.39 is 9.73 Å².